The van der Waals surface area contributed by atoms with Gasteiger partial charge in [-0.25, -0.2) is 9.97 Å². The number of hydrogen-bond donors (Lipinski definition) is 1. The first-order valence-electron chi connectivity index (χ1n) is 8.57. The summed E-state index contributed by atoms with van der Waals surface area (Å²) in [5.41, 5.74) is 1.40. The number of nitrogens with one attached hydrogen (secondary N) is 1. The van der Waals surface area contributed by atoms with Crippen molar-refractivity contribution < 1.29 is 14.4 Å². The van der Waals surface area contributed by atoms with Crippen molar-refractivity contribution in [3.63, 3.8) is 0 Å². The summed E-state index contributed by atoms with van der Waals surface area (Å²) in [4.78, 5) is 19.4. The highest BCUT2D eigenvalue weighted by atomic mass is 16.6. The molecular formula is C18H22N4O4. The van der Waals surface area contributed by atoms with E-state index < -0.39 is 4.92 Å². The molecule has 1 aromatic heterocycles. The van der Waals surface area contributed by atoms with Crippen molar-refractivity contribution in [3.8, 4) is 11.4 Å². The molecule has 26 heavy (non-hydrogen) atoms. The van der Waals surface area contributed by atoms with Crippen molar-refractivity contribution in [2.75, 3.05) is 25.1 Å². The van der Waals surface area contributed by atoms with Crippen molar-refractivity contribution in [1.29, 1.82) is 0 Å². The smallest absolute Gasteiger partial charge is 0.270 e. The van der Waals surface area contributed by atoms with Gasteiger partial charge in [-0.05, 0) is 20.3 Å². The summed E-state index contributed by atoms with van der Waals surface area (Å²) in [5.74, 6) is 1.12. The van der Waals surface area contributed by atoms with Crippen molar-refractivity contribution in [2.45, 2.75) is 32.4 Å². The van der Waals surface area contributed by atoms with Crippen LogP contribution in [0.15, 0.2) is 30.3 Å². The fraction of sp³-hybridized carbons (Fsp3) is 0.444. The first-order valence-corrected chi connectivity index (χ1v) is 8.57. The molecule has 2 heterocycles. The Hall–Kier alpha value is -2.58. The van der Waals surface area contributed by atoms with Crippen LogP contribution in [0.5, 0.6) is 0 Å². The SMILES string of the molecule is Cc1cc(NC(C)COC2CCOC2)nc(-c2cccc([N+](=O)[O-])c2)n1. The van der Waals surface area contributed by atoms with E-state index in [2.05, 4.69) is 15.3 Å². The Labute approximate surface area is 151 Å². The minimum atomic E-state index is -0.426. The van der Waals surface area contributed by atoms with Crippen LogP contribution >= 0.6 is 0 Å². The van der Waals surface area contributed by atoms with Gasteiger partial charge in [-0.1, -0.05) is 12.1 Å². The zero-order valence-corrected chi connectivity index (χ0v) is 14.8. The number of ether oxygens (including phenoxy) is 2. The van der Waals surface area contributed by atoms with Gasteiger partial charge in [0.1, 0.15) is 5.82 Å². The summed E-state index contributed by atoms with van der Waals surface area (Å²) < 4.78 is 11.1. The van der Waals surface area contributed by atoms with Crippen LogP contribution in [0.3, 0.4) is 0 Å². The molecule has 0 bridgehead atoms. The maximum atomic E-state index is 11.0. The average Bonchev–Trinajstić information content (AvgIpc) is 3.13. The van der Waals surface area contributed by atoms with Gasteiger partial charge in [-0.2, -0.15) is 0 Å². The number of nitrogens with zero attached hydrogens (tertiary/aromatic N) is 3. The van der Waals surface area contributed by atoms with E-state index in [1.54, 1.807) is 12.1 Å². The van der Waals surface area contributed by atoms with E-state index in [1.165, 1.54) is 12.1 Å². The number of nitro benzene ring substituents is 1. The summed E-state index contributed by atoms with van der Waals surface area (Å²) in [6.45, 7) is 5.83. The second-order valence-corrected chi connectivity index (χ2v) is 6.39. The second-order valence-electron chi connectivity index (χ2n) is 6.39. The van der Waals surface area contributed by atoms with Gasteiger partial charge in [0, 0.05) is 42.1 Å². The van der Waals surface area contributed by atoms with E-state index in [0.717, 1.165) is 18.7 Å². The molecular weight excluding hydrogens is 336 g/mol. The lowest BCUT2D eigenvalue weighted by Crippen LogP contribution is -2.26. The zero-order valence-electron chi connectivity index (χ0n) is 14.8. The van der Waals surface area contributed by atoms with Crippen LogP contribution in [-0.2, 0) is 9.47 Å². The Morgan fingerprint density at radius 3 is 3.00 bits per heavy atom. The minimum absolute atomic E-state index is 0.0164. The molecule has 0 radical (unpaired) electrons. The summed E-state index contributed by atoms with van der Waals surface area (Å²) >= 11 is 0. The topological polar surface area (TPSA) is 99.4 Å². The molecule has 1 saturated heterocycles. The van der Waals surface area contributed by atoms with E-state index in [-0.39, 0.29) is 17.8 Å². The summed E-state index contributed by atoms with van der Waals surface area (Å²) in [5, 5.41) is 14.3. The van der Waals surface area contributed by atoms with Gasteiger partial charge in [0.15, 0.2) is 5.82 Å². The number of non-ortho nitro benzene ring substituents is 1. The lowest BCUT2D eigenvalue weighted by atomic mass is 10.2. The zero-order chi connectivity index (χ0) is 18.5. The highest BCUT2D eigenvalue weighted by molar-refractivity contribution is 5.61. The van der Waals surface area contributed by atoms with E-state index in [4.69, 9.17) is 9.47 Å². The van der Waals surface area contributed by atoms with Crippen LogP contribution < -0.4 is 5.32 Å². The van der Waals surface area contributed by atoms with Gasteiger partial charge < -0.3 is 14.8 Å². The summed E-state index contributed by atoms with van der Waals surface area (Å²) in [6, 6.07) is 8.22. The molecule has 1 aliphatic rings. The Morgan fingerprint density at radius 2 is 2.27 bits per heavy atom. The van der Waals surface area contributed by atoms with E-state index >= 15 is 0 Å². The van der Waals surface area contributed by atoms with Crippen LogP contribution in [-0.4, -0.2) is 46.9 Å². The van der Waals surface area contributed by atoms with Crippen LogP contribution in [0, 0.1) is 17.0 Å². The fourth-order valence-electron chi connectivity index (χ4n) is 2.75. The molecule has 1 aliphatic heterocycles. The number of aryl methyl sites for hydroxylation is 1. The van der Waals surface area contributed by atoms with Gasteiger partial charge >= 0.3 is 0 Å². The van der Waals surface area contributed by atoms with Crippen LogP contribution in [0.1, 0.15) is 19.0 Å². The van der Waals surface area contributed by atoms with E-state index in [1.807, 2.05) is 19.9 Å². The number of aromatic nitrogens is 2. The average molecular weight is 358 g/mol. The van der Waals surface area contributed by atoms with Gasteiger partial charge in [-0.15, -0.1) is 0 Å². The number of nitro groups is 1. The molecule has 0 aliphatic carbocycles. The molecule has 1 aromatic carbocycles. The lowest BCUT2D eigenvalue weighted by Gasteiger charge is -2.18. The Morgan fingerprint density at radius 1 is 1.42 bits per heavy atom. The van der Waals surface area contributed by atoms with Crippen LogP contribution in [0.2, 0.25) is 0 Å². The highest BCUT2D eigenvalue weighted by Gasteiger charge is 2.17. The van der Waals surface area contributed by atoms with Crippen molar-refractivity contribution in [2.24, 2.45) is 0 Å². The molecule has 2 unspecified atom stereocenters. The first kappa shape index (κ1) is 18.2. The van der Waals surface area contributed by atoms with Gasteiger partial charge in [0.2, 0.25) is 0 Å². The fourth-order valence-corrected chi connectivity index (χ4v) is 2.75. The number of anilines is 1. The largest absolute Gasteiger partial charge is 0.379 e. The van der Waals surface area contributed by atoms with Crippen molar-refractivity contribution >= 4 is 11.5 Å². The molecule has 2 atom stereocenters. The molecule has 8 heteroatoms. The summed E-state index contributed by atoms with van der Waals surface area (Å²) in [7, 11) is 0. The number of rotatable bonds is 7. The predicted molar refractivity (Wildman–Crippen MR) is 97.1 cm³/mol. The van der Waals surface area contributed by atoms with Gasteiger partial charge in [0.25, 0.3) is 5.69 Å². The predicted octanol–water partition coefficient (Wildman–Crippen LogP) is 2.97. The molecule has 138 valence electrons. The Balaban J connectivity index is 1.70. The number of benzene rings is 1. The minimum Gasteiger partial charge on any atom is -0.379 e. The van der Waals surface area contributed by atoms with E-state index in [0.29, 0.717) is 30.4 Å². The Bertz CT molecular complexity index is 778. The third kappa shape index (κ3) is 4.74. The van der Waals surface area contributed by atoms with Gasteiger partial charge in [-0.3, -0.25) is 10.1 Å². The molecule has 0 saturated carbocycles. The van der Waals surface area contributed by atoms with E-state index in [9.17, 15) is 10.1 Å². The molecule has 3 rings (SSSR count). The maximum absolute atomic E-state index is 11.0. The molecule has 8 nitrogen and oxygen atoms in total. The molecule has 1 fully saturated rings. The standard InChI is InChI=1S/C18H22N4O4/c1-12-8-17(19-13(2)10-26-16-6-7-25-11-16)21-18(20-12)14-4-3-5-15(9-14)22(23)24/h3-5,8-9,13,16H,6-7,10-11H2,1-2H3,(H,19,20,21). The first-order chi connectivity index (χ1) is 12.5. The van der Waals surface area contributed by atoms with Crippen molar-refractivity contribution in [3.05, 3.63) is 46.1 Å². The number of hydrogen-bond acceptors (Lipinski definition) is 7. The Kier molecular flexibility index (Phi) is 5.75. The van der Waals surface area contributed by atoms with Crippen LogP contribution in [0.25, 0.3) is 11.4 Å². The second kappa shape index (κ2) is 8.20. The van der Waals surface area contributed by atoms with Crippen LogP contribution in [0.4, 0.5) is 11.5 Å². The highest BCUT2D eigenvalue weighted by Crippen LogP contribution is 2.22. The van der Waals surface area contributed by atoms with Crippen molar-refractivity contribution in [1.82, 2.24) is 9.97 Å². The summed E-state index contributed by atoms with van der Waals surface area (Å²) in [6.07, 6.45) is 1.09. The van der Waals surface area contributed by atoms with Gasteiger partial charge in [0.05, 0.1) is 24.2 Å². The normalized spacial score (nSPS) is 17.8. The molecule has 2 aromatic rings. The monoisotopic (exact) mass is 358 g/mol. The molecule has 0 spiro atoms. The molecule has 0 amide bonds. The maximum Gasteiger partial charge on any atom is 0.270 e. The molecule has 1 N–H and O–H groups in total. The third-order valence-corrected chi connectivity index (χ3v) is 4.03. The lowest BCUT2D eigenvalue weighted by molar-refractivity contribution is -0.384. The quantitative estimate of drug-likeness (QED) is 0.600. The third-order valence-electron chi connectivity index (χ3n) is 4.03.